The molecule has 1 aliphatic heterocycles. The lowest BCUT2D eigenvalue weighted by Gasteiger charge is -2.30. The van der Waals surface area contributed by atoms with Crippen molar-refractivity contribution in [2.24, 2.45) is 5.92 Å². The first-order valence-corrected chi connectivity index (χ1v) is 11.5. The minimum Gasteiger partial charge on any atom is -0.444 e. The van der Waals surface area contributed by atoms with Crippen molar-refractivity contribution in [3.8, 4) is 0 Å². The largest absolute Gasteiger partial charge is 0.444 e. The van der Waals surface area contributed by atoms with Crippen LogP contribution in [0.15, 0.2) is 30.3 Å². The molecule has 0 aromatic heterocycles. The SMILES string of the molecule is CSCC(CC1CCCN1C(=O)OC(C)(C)C)C(=O)NCCc1ccccc1. The molecule has 1 heterocycles. The fraction of sp³-hybridized carbons (Fsp3) is 0.636. The molecule has 1 N–H and O–H groups in total. The predicted molar refractivity (Wildman–Crippen MR) is 116 cm³/mol. The lowest BCUT2D eigenvalue weighted by Crippen LogP contribution is -2.43. The molecule has 0 bridgehead atoms. The van der Waals surface area contributed by atoms with E-state index >= 15 is 0 Å². The van der Waals surface area contributed by atoms with Gasteiger partial charge >= 0.3 is 6.09 Å². The van der Waals surface area contributed by atoms with E-state index in [0.717, 1.165) is 25.0 Å². The highest BCUT2D eigenvalue weighted by Gasteiger charge is 2.35. The molecule has 0 radical (unpaired) electrons. The summed E-state index contributed by atoms with van der Waals surface area (Å²) in [5, 5.41) is 3.09. The maximum atomic E-state index is 12.8. The van der Waals surface area contributed by atoms with Gasteiger partial charge in [-0.1, -0.05) is 30.3 Å². The number of hydrogen-bond acceptors (Lipinski definition) is 4. The van der Waals surface area contributed by atoms with Gasteiger partial charge in [-0.3, -0.25) is 4.79 Å². The number of hydrogen-bond donors (Lipinski definition) is 1. The van der Waals surface area contributed by atoms with Gasteiger partial charge in [0, 0.05) is 30.8 Å². The molecule has 0 saturated carbocycles. The molecule has 1 saturated heterocycles. The molecule has 2 unspecified atom stereocenters. The summed E-state index contributed by atoms with van der Waals surface area (Å²) in [6.45, 7) is 6.99. The van der Waals surface area contributed by atoms with Crippen molar-refractivity contribution < 1.29 is 14.3 Å². The molecule has 28 heavy (non-hydrogen) atoms. The highest BCUT2D eigenvalue weighted by Crippen LogP contribution is 2.27. The van der Waals surface area contributed by atoms with E-state index in [1.807, 2.05) is 50.1 Å². The van der Waals surface area contributed by atoms with Crippen LogP contribution in [0.2, 0.25) is 0 Å². The van der Waals surface area contributed by atoms with Gasteiger partial charge in [-0.05, 0) is 58.3 Å². The van der Waals surface area contributed by atoms with Crippen molar-refractivity contribution in [3.63, 3.8) is 0 Å². The van der Waals surface area contributed by atoms with Crippen LogP contribution in [0.5, 0.6) is 0 Å². The zero-order chi connectivity index (χ0) is 20.6. The van der Waals surface area contributed by atoms with Crippen LogP contribution in [0.4, 0.5) is 4.79 Å². The highest BCUT2D eigenvalue weighted by molar-refractivity contribution is 7.98. The lowest BCUT2D eigenvalue weighted by molar-refractivity contribution is -0.124. The topological polar surface area (TPSA) is 58.6 Å². The smallest absolute Gasteiger partial charge is 0.410 e. The first-order chi connectivity index (χ1) is 13.3. The molecule has 2 rings (SSSR count). The van der Waals surface area contributed by atoms with Crippen LogP contribution in [-0.2, 0) is 16.0 Å². The minimum atomic E-state index is -0.502. The normalized spacial score (nSPS) is 18.0. The maximum Gasteiger partial charge on any atom is 0.410 e. The summed E-state index contributed by atoms with van der Waals surface area (Å²) in [5.41, 5.74) is 0.716. The van der Waals surface area contributed by atoms with Crippen molar-refractivity contribution in [2.75, 3.05) is 25.1 Å². The van der Waals surface area contributed by atoms with Crippen LogP contribution in [-0.4, -0.2) is 53.6 Å². The quantitative estimate of drug-likeness (QED) is 0.706. The Balaban J connectivity index is 1.89. The summed E-state index contributed by atoms with van der Waals surface area (Å²) in [6.07, 6.45) is 5.17. The van der Waals surface area contributed by atoms with Gasteiger partial charge in [0.1, 0.15) is 5.60 Å². The van der Waals surface area contributed by atoms with Gasteiger partial charge in [-0.15, -0.1) is 0 Å². The Morgan fingerprint density at radius 1 is 1.29 bits per heavy atom. The fourth-order valence-corrected chi connectivity index (χ4v) is 4.23. The molecule has 1 aromatic carbocycles. The van der Waals surface area contributed by atoms with Gasteiger partial charge in [-0.2, -0.15) is 11.8 Å². The molecule has 2 atom stereocenters. The number of nitrogens with zero attached hydrogens (tertiary/aromatic N) is 1. The van der Waals surface area contributed by atoms with Crippen molar-refractivity contribution in [2.45, 2.75) is 58.1 Å². The van der Waals surface area contributed by atoms with Gasteiger partial charge in [0.2, 0.25) is 5.91 Å². The van der Waals surface area contributed by atoms with Gasteiger partial charge in [0.15, 0.2) is 0 Å². The van der Waals surface area contributed by atoms with E-state index in [0.29, 0.717) is 19.5 Å². The van der Waals surface area contributed by atoms with E-state index in [1.54, 1.807) is 11.8 Å². The summed E-state index contributed by atoms with van der Waals surface area (Å²) in [6, 6.07) is 10.2. The van der Waals surface area contributed by atoms with Crippen LogP contribution in [0.1, 0.15) is 45.6 Å². The second kappa shape index (κ2) is 10.7. The molecule has 1 fully saturated rings. The molecule has 0 aliphatic carbocycles. The Morgan fingerprint density at radius 2 is 2.00 bits per heavy atom. The van der Waals surface area contributed by atoms with Crippen LogP contribution in [0, 0.1) is 5.92 Å². The van der Waals surface area contributed by atoms with Crippen LogP contribution in [0.25, 0.3) is 0 Å². The highest BCUT2D eigenvalue weighted by atomic mass is 32.2. The Bertz CT molecular complexity index is 630. The number of likely N-dealkylation sites (tertiary alicyclic amines) is 1. The van der Waals surface area contributed by atoms with E-state index in [2.05, 4.69) is 17.4 Å². The number of rotatable bonds is 8. The average Bonchev–Trinajstić information content (AvgIpc) is 3.09. The molecular weight excluding hydrogens is 372 g/mol. The fourth-order valence-electron chi connectivity index (χ4n) is 3.54. The second-order valence-corrected chi connectivity index (χ2v) is 9.30. The van der Waals surface area contributed by atoms with Crippen LogP contribution < -0.4 is 5.32 Å². The Kier molecular flexibility index (Phi) is 8.67. The Labute approximate surface area is 173 Å². The number of carbonyl (C=O) groups excluding carboxylic acids is 2. The molecular formula is C22H34N2O3S. The summed E-state index contributed by atoms with van der Waals surface area (Å²) in [7, 11) is 0. The summed E-state index contributed by atoms with van der Waals surface area (Å²) in [4.78, 5) is 27.1. The Hall–Kier alpha value is -1.69. The summed E-state index contributed by atoms with van der Waals surface area (Å²) >= 11 is 1.68. The number of carbonyl (C=O) groups is 2. The predicted octanol–water partition coefficient (Wildman–Crippen LogP) is 4.11. The van der Waals surface area contributed by atoms with Crippen molar-refractivity contribution in [3.05, 3.63) is 35.9 Å². The second-order valence-electron chi connectivity index (χ2n) is 8.38. The van der Waals surface area contributed by atoms with Gasteiger partial charge in [0.05, 0.1) is 0 Å². The van der Waals surface area contributed by atoms with Crippen molar-refractivity contribution in [1.82, 2.24) is 10.2 Å². The monoisotopic (exact) mass is 406 g/mol. The van der Waals surface area contributed by atoms with Crippen molar-refractivity contribution >= 4 is 23.8 Å². The third kappa shape index (κ3) is 7.38. The number of thioether (sulfide) groups is 1. The van der Waals surface area contributed by atoms with E-state index in [9.17, 15) is 9.59 Å². The van der Waals surface area contributed by atoms with E-state index in [1.165, 1.54) is 5.56 Å². The zero-order valence-corrected chi connectivity index (χ0v) is 18.4. The number of amides is 2. The molecule has 0 spiro atoms. The van der Waals surface area contributed by atoms with Crippen LogP contribution >= 0.6 is 11.8 Å². The molecule has 2 amide bonds. The molecule has 1 aliphatic rings. The lowest BCUT2D eigenvalue weighted by atomic mass is 9.99. The third-order valence-corrected chi connectivity index (χ3v) is 5.59. The van der Waals surface area contributed by atoms with E-state index in [-0.39, 0.29) is 24.0 Å². The van der Waals surface area contributed by atoms with Gasteiger partial charge in [0.25, 0.3) is 0 Å². The van der Waals surface area contributed by atoms with Gasteiger partial charge in [-0.25, -0.2) is 4.79 Å². The molecule has 6 heteroatoms. The first kappa shape index (κ1) is 22.6. The third-order valence-electron chi connectivity index (χ3n) is 4.86. The maximum absolute atomic E-state index is 12.8. The summed E-state index contributed by atoms with van der Waals surface area (Å²) < 4.78 is 5.55. The number of ether oxygens (including phenoxy) is 1. The Morgan fingerprint density at radius 3 is 2.64 bits per heavy atom. The standard InChI is InChI=1S/C22H34N2O3S/c1-22(2,3)27-21(26)24-14-8-11-19(24)15-18(16-28-4)20(25)23-13-12-17-9-6-5-7-10-17/h5-7,9-10,18-19H,8,11-16H2,1-4H3,(H,23,25). The van der Waals surface area contributed by atoms with Crippen molar-refractivity contribution in [1.29, 1.82) is 0 Å². The molecule has 156 valence electrons. The van der Waals surface area contributed by atoms with E-state index in [4.69, 9.17) is 4.74 Å². The zero-order valence-electron chi connectivity index (χ0n) is 17.6. The first-order valence-electron chi connectivity index (χ1n) is 10.1. The summed E-state index contributed by atoms with van der Waals surface area (Å²) in [5.74, 6) is 0.746. The van der Waals surface area contributed by atoms with E-state index < -0.39 is 5.60 Å². The average molecular weight is 407 g/mol. The van der Waals surface area contributed by atoms with Gasteiger partial charge < -0.3 is 15.0 Å². The number of nitrogens with one attached hydrogen (secondary N) is 1. The molecule has 5 nitrogen and oxygen atoms in total. The number of benzene rings is 1. The molecule has 1 aromatic rings. The minimum absolute atomic E-state index is 0.0758. The van der Waals surface area contributed by atoms with Crippen LogP contribution in [0.3, 0.4) is 0 Å².